The number of aryl methyl sites for hydroxylation is 3. The number of furan rings is 1. The minimum atomic E-state index is -0.227. The molecule has 0 bridgehead atoms. The van der Waals surface area contributed by atoms with Gasteiger partial charge in [-0.25, -0.2) is 0 Å². The van der Waals surface area contributed by atoms with Gasteiger partial charge in [-0.1, -0.05) is 0 Å². The normalized spacial score (nSPS) is 17.8. The minimum absolute atomic E-state index is 0.123. The van der Waals surface area contributed by atoms with Crippen LogP contribution in [0.25, 0.3) is 11.3 Å². The molecule has 5 rings (SSSR count). The molecule has 1 atom stereocenters. The second-order valence-corrected chi connectivity index (χ2v) is 8.14. The van der Waals surface area contributed by atoms with E-state index in [2.05, 4.69) is 22.6 Å². The van der Waals surface area contributed by atoms with Gasteiger partial charge in [-0.2, -0.15) is 5.10 Å². The summed E-state index contributed by atoms with van der Waals surface area (Å²) in [6, 6.07) is 4.07. The fourth-order valence-electron chi connectivity index (χ4n) is 4.29. The summed E-state index contributed by atoms with van der Waals surface area (Å²) >= 11 is 0. The Bertz CT molecular complexity index is 1110. The Hall–Kier alpha value is -2.97. The van der Waals surface area contributed by atoms with Crippen molar-refractivity contribution in [1.29, 1.82) is 0 Å². The van der Waals surface area contributed by atoms with Crippen LogP contribution < -0.4 is 5.32 Å². The fraction of sp³-hybridized carbons (Fsp3) is 0.435. The lowest BCUT2D eigenvalue weighted by Crippen LogP contribution is -2.39. The third-order valence-electron chi connectivity index (χ3n) is 5.80. The van der Waals surface area contributed by atoms with Gasteiger partial charge in [0.1, 0.15) is 5.76 Å². The van der Waals surface area contributed by atoms with Gasteiger partial charge < -0.3 is 19.2 Å². The number of hydrogen-bond donors (Lipinski definition) is 1. The number of nitrogens with one attached hydrogen (secondary N) is 1. The molecule has 2 aliphatic rings. The van der Waals surface area contributed by atoms with Crippen molar-refractivity contribution in [3.05, 3.63) is 58.4 Å². The first-order valence-electron chi connectivity index (χ1n) is 10.7. The summed E-state index contributed by atoms with van der Waals surface area (Å²) in [7, 11) is 0. The third-order valence-corrected chi connectivity index (χ3v) is 5.80. The van der Waals surface area contributed by atoms with Crippen LogP contribution in [0, 0.1) is 13.8 Å². The second kappa shape index (κ2) is 8.28. The molecule has 1 fully saturated rings. The molecule has 1 aliphatic carbocycles. The third kappa shape index (κ3) is 4.00. The Morgan fingerprint density at radius 3 is 3.00 bits per heavy atom. The Labute approximate surface area is 180 Å². The van der Waals surface area contributed by atoms with Gasteiger partial charge in [0.25, 0.3) is 5.91 Å². The molecular formula is C23H26N4O4. The van der Waals surface area contributed by atoms with Gasteiger partial charge >= 0.3 is 0 Å². The van der Waals surface area contributed by atoms with Gasteiger partial charge in [-0.3, -0.25) is 14.5 Å². The highest BCUT2D eigenvalue weighted by Gasteiger charge is 2.30. The molecule has 31 heavy (non-hydrogen) atoms. The van der Waals surface area contributed by atoms with Crippen molar-refractivity contribution in [2.75, 3.05) is 26.4 Å². The van der Waals surface area contributed by atoms with Crippen molar-refractivity contribution in [1.82, 2.24) is 20.1 Å². The summed E-state index contributed by atoms with van der Waals surface area (Å²) in [5.74, 6) is 0.959. The van der Waals surface area contributed by atoms with E-state index in [4.69, 9.17) is 19.0 Å². The second-order valence-electron chi connectivity index (χ2n) is 8.14. The number of fused-ring (bicyclic) bond motifs is 3. The summed E-state index contributed by atoms with van der Waals surface area (Å²) in [5, 5.41) is 7.75. The summed E-state index contributed by atoms with van der Waals surface area (Å²) < 4.78 is 18.9. The van der Waals surface area contributed by atoms with E-state index in [1.165, 1.54) is 5.56 Å². The minimum Gasteiger partial charge on any atom is -0.455 e. The Balaban J connectivity index is 1.36. The number of hydrogen-bond acceptors (Lipinski definition) is 6. The maximum Gasteiger partial charge on any atom is 0.287 e. The van der Waals surface area contributed by atoms with Crippen molar-refractivity contribution in [2.24, 2.45) is 0 Å². The number of nitrogens with zero attached hydrogens (tertiary/aromatic N) is 3. The summed E-state index contributed by atoms with van der Waals surface area (Å²) in [5.41, 5.74) is 6.03. The van der Waals surface area contributed by atoms with Gasteiger partial charge in [-0.05, 0) is 43.5 Å². The SMILES string of the molecule is Cc1cc(Cn2cc3c(n2)-c2c(oc(C(=O)NC[C@@H]4COCCO4)c2C)CC3)ccn1. The molecule has 1 amide bonds. The van der Waals surface area contributed by atoms with E-state index in [1.807, 2.05) is 30.8 Å². The average Bonchev–Trinajstić information content (AvgIpc) is 3.33. The number of ether oxygens (including phenoxy) is 2. The van der Waals surface area contributed by atoms with Gasteiger partial charge in [0, 0.05) is 42.2 Å². The molecule has 1 aliphatic heterocycles. The van der Waals surface area contributed by atoms with Crippen LogP contribution in [0.3, 0.4) is 0 Å². The van der Waals surface area contributed by atoms with E-state index in [1.54, 1.807) is 0 Å². The first-order valence-corrected chi connectivity index (χ1v) is 10.7. The maximum absolute atomic E-state index is 12.8. The largest absolute Gasteiger partial charge is 0.455 e. The zero-order valence-corrected chi connectivity index (χ0v) is 17.8. The molecule has 8 heteroatoms. The number of aromatic nitrogens is 3. The molecule has 0 unspecified atom stereocenters. The van der Waals surface area contributed by atoms with Crippen LogP contribution in [0.5, 0.6) is 0 Å². The molecule has 1 N–H and O–H groups in total. The monoisotopic (exact) mass is 422 g/mol. The predicted molar refractivity (Wildman–Crippen MR) is 113 cm³/mol. The highest BCUT2D eigenvalue weighted by atomic mass is 16.6. The van der Waals surface area contributed by atoms with Crippen LogP contribution in [0.15, 0.2) is 28.9 Å². The van der Waals surface area contributed by atoms with E-state index in [0.717, 1.165) is 46.7 Å². The van der Waals surface area contributed by atoms with Crippen molar-refractivity contribution in [3.8, 4) is 11.3 Å². The molecule has 1 saturated heterocycles. The van der Waals surface area contributed by atoms with Crippen molar-refractivity contribution < 1.29 is 18.7 Å². The van der Waals surface area contributed by atoms with Gasteiger partial charge in [-0.15, -0.1) is 0 Å². The van der Waals surface area contributed by atoms with Crippen LogP contribution in [0.4, 0.5) is 0 Å². The molecule has 3 aromatic heterocycles. The zero-order valence-electron chi connectivity index (χ0n) is 17.8. The van der Waals surface area contributed by atoms with Crippen molar-refractivity contribution in [3.63, 3.8) is 0 Å². The molecule has 4 heterocycles. The van der Waals surface area contributed by atoms with Crippen LogP contribution in [-0.2, 0) is 28.9 Å². The highest BCUT2D eigenvalue weighted by molar-refractivity contribution is 5.95. The first-order chi connectivity index (χ1) is 15.1. The standard InChI is InChI=1S/C23H26N4O4/c1-14-9-16(5-6-24-14)11-27-12-17-3-4-19-20(21(17)26-27)15(2)22(31-19)23(28)25-10-18-13-29-7-8-30-18/h5-6,9,12,18H,3-4,7-8,10-11,13H2,1-2H3,(H,25,28)/t18-/m1/s1. The van der Waals surface area contributed by atoms with E-state index in [-0.39, 0.29) is 12.0 Å². The number of pyridine rings is 1. The van der Waals surface area contributed by atoms with Gasteiger partial charge in [0.05, 0.1) is 38.2 Å². The number of carbonyl (C=O) groups excluding carboxylic acids is 1. The van der Waals surface area contributed by atoms with E-state index in [0.29, 0.717) is 38.7 Å². The van der Waals surface area contributed by atoms with Crippen molar-refractivity contribution >= 4 is 5.91 Å². The number of amides is 1. The molecule has 0 aromatic carbocycles. The quantitative estimate of drug-likeness (QED) is 0.679. The molecule has 162 valence electrons. The smallest absolute Gasteiger partial charge is 0.287 e. The Kier molecular flexibility index (Phi) is 5.33. The molecule has 0 spiro atoms. The van der Waals surface area contributed by atoms with E-state index < -0.39 is 0 Å². The molecule has 0 saturated carbocycles. The zero-order chi connectivity index (χ0) is 21.4. The number of carbonyl (C=O) groups is 1. The molecule has 8 nitrogen and oxygen atoms in total. The number of rotatable bonds is 5. The highest BCUT2D eigenvalue weighted by Crippen LogP contribution is 2.38. The lowest BCUT2D eigenvalue weighted by atomic mass is 9.93. The predicted octanol–water partition coefficient (Wildman–Crippen LogP) is 2.45. The first kappa shape index (κ1) is 20.0. The summed E-state index contributed by atoms with van der Waals surface area (Å²) in [6.07, 6.45) is 5.40. The van der Waals surface area contributed by atoms with E-state index >= 15 is 0 Å². The molecule has 0 radical (unpaired) electrons. The summed E-state index contributed by atoms with van der Waals surface area (Å²) in [4.78, 5) is 17.0. The van der Waals surface area contributed by atoms with Crippen molar-refractivity contribution in [2.45, 2.75) is 39.3 Å². The van der Waals surface area contributed by atoms with E-state index in [9.17, 15) is 4.79 Å². The van der Waals surface area contributed by atoms with Crippen LogP contribution in [-0.4, -0.2) is 53.1 Å². The molecular weight excluding hydrogens is 396 g/mol. The Morgan fingerprint density at radius 1 is 1.29 bits per heavy atom. The maximum atomic E-state index is 12.8. The van der Waals surface area contributed by atoms with Crippen LogP contribution >= 0.6 is 0 Å². The molecule has 3 aromatic rings. The van der Waals surface area contributed by atoms with Gasteiger partial charge in [0.15, 0.2) is 5.76 Å². The Morgan fingerprint density at radius 2 is 2.19 bits per heavy atom. The lowest BCUT2D eigenvalue weighted by Gasteiger charge is -2.22. The lowest BCUT2D eigenvalue weighted by molar-refractivity contribution is -0.0856. The fourth-order valence-corrected chi connectivity index (χ4v) is 4.29. The topological polar surface area (TPSA) is 91.4 Å². The van der Waals surface area contributed by atoms with Crippen LogP contribution in [0.1, 0.15) is 38.7 Å². The van der Waals surface area contributed by atoms with Crippen LogP contribution in [0.2, 0.25) is 0 Å². The summed E-state index contributed by atoms with van der Waals surface area (Å²) in [6.45, 7) is 6.64. The van der Waals surface area contributed by atoms with Gasteiger partial charge in [0.2, 0.25) is 0 Å². The average molecular weight is 422 g/mol.